The first-order valence-corrected chi connectivity index (χ1v) is 9.01. The summed E-state index contributed by atoms with van der Waals surface area (Å²) in [6, 6.07) is 5.46. The van der Waals surface area contributed by atoms with Crippen LogP contribution in [0.25, 0.3) is 11.0 Å². The van der Waals surface area contributed by atoms with Crippen molar-refractivity contribution in [3.63, 3.8) is 0 Å². The minimum Gasteiger partial charge on any atom is -0.481 e. The second-order valence-corrected chi connectivity index (χ2v) is 6.45. The molecule has 0 amide bonds. The van der Waals surface area contributed by atoms with E-state index >= 15 is 0 Å². The van der Waals surface area contributed by atoms with E-state index in [-0.39, 0.29) is 0 Å². The van der Waals surface area contributed by atoms with Crippen LogP contribution < -0.4 is 14.8 Å². The molecule has 4 aromatic heterocycles. The monoisotopic (exact) mass is 395 g/mol. The van der Waals surface area contributed by atoms with E-state index in [1.165, 1.54) is 0 Å². The third-order valence-electron chi connectivity index (χ3n) is 4.29. The Balaban J connectivity index is 1.68. The van der Waals surface area contributed by atoms with Gasteiger partial charge >= 0.3 is 0 Å². The summed E-state index contributed by atoms with van der Waals surface area (Å²) in [4.78, 5) is 17.9. The van der Waals surface area contributed by atoms with Crippen molar-refractivity contribution in [1.82, 2.24) is 29.7 Å². The Labute approximate surface area is 166 Å². The quantitative estimate of drug-likeness (QED) is 0.504. The Morgan fingerprint density at radius 1 is 1.03 bits per heavy atom. The van der Waals surface area contributed by atoms with Gasteiger partial charge in [0.2, 0.25) is 11.8 Å². The molecule has 29 heavy (non-hydrogen) atoms. The van der Waals surface area contributed by atoms with Gasteiger partial charge in [-0.15, -0.1) is 0 Å². The number of nitrogens with zero attached hydrogens (tertiary/aromatic N) is 6. The van der Waals surface area contributed by atoms with Gasteiger partial charge in [0, 0.05) is 12.3 Å². The summed E-state index contributed by atoms with van der Waals surface area (Å²) in [7, 11) is 3.11. The molecule has 0 radical (unpaired) electrons. The fourth-order valence-electron chi connectivity index (χ4n) is 3.04. The van der Waals surface area contributed by atoms with E-state index in [2.05, 4.69) is 30.4 Å². The number of hydrogen-bond acceptors (Lipinski definition) is 9. The number of rotatable bonds is 7. The van der Waals surface area contributed by atoms with Crippen LogP contribution in [0.15, 0.2) is 28.9 Å². The highest BCUT2D eigenvalue weighted by Gasteiger charge is 2.14. The fourth-order valence-corrected chi connectivity index (χ4v) is 3.04. The Morgan fingerprint density at radius 3 is 2.45 bits per heavy atom. The molecule has 10 heteroatoms. The molecule has 10 nitrogen and oxygen atoms in total. The first-order chi connectivity index (χ1) is 14.1. The van der Waals surface area contributed by atoms with Gasteiger partial charge in [-0.25, -0.2) is 9.97 Å². The van der Waals surface area contributed by atoms with Crippen LogP contribution in [0.3, 0.4) is 0 Å². The van der Waals surface area contributed by atoms with Gasteiger partial charge in [-0.3, -0.25) is 0 Å². The Morgan fingerprint density at radius 2 is 1.79 bits per heavy atom. The van der Waals surface area contributed by atoms with Gasteiger partial charge in [-0.1, -0.05) is 5.16 Å². The van der Waals surface area contributed by atoms with E-state index in [9.17, 15) is 0 Å². The maximum absolute atomic E-state index is 5.24. The van der Waals surface area contributed by atoms with E-state index < -0.39 is 0 Å². The van der Waals surface area contributed by atoms with Crippen molar-refractivity contribution in [3.05, 3.63) is 47.5 Å². The van der Waals surface area contributed by atoms with Gasteiger partial charge in [0.25, 0.3) is 0 Å². The molecule has 0 atom stereocenters. The summed E-state index contributed by atoms with van der Waals surface area (Å²) in [5, 5.41) is 7.34. The van der Waals surface area contributed by atoms with Gasteiger partial charge in [-0.05, 0) is 19.9 Å². The SMILES string of the molecule is COc1cc(OC)nc(Cn2ccc3nc(C)nc(NCc4cc(C)on4)c32)n1. The highest BCUT2D eigenvalue weighted by Crippen LogP contribution is 2.24. The zero-order valence-electron chi connectivity index (χ0n) is 16.6. The van der Waals surface area contributed by atoms with Crippen LogP contribution in [0.4, 0.5) is 5.82 Å². The number of hydrogen-bond donors (Lipinski definition) is 1. The normalized spacial score (nSPS) is 11.0. The molecule has 0 spiro atoms. The van der Waals surface area contributed by atoms with Gasteiger partial charge < -0.3 is 23.9 Å². The lowest BCUT2D eigenvalue weighted by Crippen LogP contribution is -2.09. The first kappa shape index (κ1) is 18.7. The average Bonchev–Trinajstić information content (AvgIpc) is 3.31. The molecule has 0 aliphatic rings. The molecular weight excluding hydrogens is 374 g/mol. The predicted octanol–water partition coefficient (Wildman–Crippen LogP) is 2.50. The van der Waals surface area contributed by atoms with Gasteiger partial charge in [0.15, 0.2) is 11.6 Å². The summed E-state index contributed by atoms with van der Waals surface area (Å²) in [6.07, 6.45) is 1.93. The minimum absolute atomic E-state index is 0.404. The Kier molecular flexibility index (Phi) is 4.98. The van der Waals surface area contributed by atoms with E-state index in [4.69, 9.17) is 14.0 Å². The smallest absolute Gasteiger partial charge is 0.220 e. The molecule has 1 N–H and O–H groups in total. The minimum atomic E-state index is 0.404. The molecule has 4 aromatic rings. The lowest BCUT2D eigenvalue weighted by Gasteiger charge is -2.11. The zero-order valence-corrected chi connectivity index (χ0v) is 16.6. The predicted molar refractivity (Wildman–Crippen MR) is 105 cm³/mol. The molecule has 0 aliphatic heterocycles. The van der Waals surface area contributed by atoms with E-state index in [1.54, 1.807) is 20.3 Å². The summed E-state index contributed by atoms with van der Waals surface area (Å²) < 4.78 is 17.6. The molecule has 0 bridgehead atoms. The molecule has 4 rings (SSSR count). The highest BCUT2D eigenvalue weighted by atomic mass is 16.5. The molecule has 0 fully saturated rings. The summed E-state index contributed by atoms with van der Waals surface area (Å²) in [6.45, 7) is 4.61. The molecule has 0 saturated heterocycles. The molecule has 4 heterocycles. The number of aromatic nitrogens is 6. The standard InChI is InChI=1S/C19H21N7O3/c1-11-7-13(25-29-11)9-20-19-18-14(21-12(2)22-19)5-6-26(18)10-15-23-16(27-3)8-17(24-15)28-4/h5-8H,9-10H2,1-4H3,(H,20,21,22). The Bertz CT molecular complexity index is 1130. The van der Waals surface area contributed by atoms with Crippen LogP contribution in [-0.2, 0) is 13.1 Å². The van der Waals surface area contributed by atoms with Crippen LogP contribution >= 0.6 is 0 Å². The van der Waals surface area contributed by atoms with Gasteiger partial charge in [-0.2, -0.15) is 9.97 Å². The zero-order chi connectivity index (χ0) is 20.4. The number of ether oxygens (including phenoxy) is 2. The molecule has 150 valence electrons. The van der Waals surface area contributed by atoms with Gasteiger partial charge in [0.05, 0.1) is 38.9 Å². The largest absolute Gasteiger partial charge is 0.481 e. The summed E-state index contributed by atoms with van der Waals surface area (Å²) in [5.74, 6) is 3.57. The van der Waals surface area contributed by atoms with E-state index in [0.717, 1.165) is 22.5 Å². The van der Waals surface area contributed by atoms with Crippen molar-refractivity contribution < 1.29 is 14.0 Å². The number of methoxy groups -OCH3 is 2. The third-order valence-corrected chi connectivity index (χ3v) is 4.29. The summed E-state index contributed by atoms with van der Waals surface area (Å²) >= 11 is 0. The van der Waals surface area contributed by atoms with Crippen LogP contribution in [0.1, 0.15) is 23.1 Å². The molecular formula is C19H21N7O3. The van der Waals surface area contributed by atoms with Crippen molar-refractivity contribution in [3.8, 4) is 11.8 Å². The van der Waals surface area contributed by atoms with Crippen molar-refractivity contribution >= 4 is 16.9 Å². The lowest BCUT2D eigenvalue weighted by molar-refractivity contribution is 0.367. The van der Waals surface area contributed by atoms with Crippen LogP contribution in [-0.4, -0.2) is 43.9 Å². The van der Waals surface area contributed by atoms with Crippen LogP contribution in [0, 0.1) is 13.8 Å². The average molecular weight is 395 g/mol. The van der Waals surface area contributed by atoms with Crippen LogP contribution in [0.2, 0.25) is 0 Å². The second-order valence-electron chi connectivity index (χ2n) is 6.45. The van der Waals surface area contributed by atoms with Crippen LogP contribution in [0.5, 0.6) is 11.8 Å². The Hall–Kier alpha value is -3.69. The number of aryl methyl sites for hydroxylation is 2. The number of nitrogens with one attached hydrogen (secondary N) is 1. The second kappa shape index (κ2) is 7.74. The lowest BCUT2D eigenvalue weighted by atomic mass is 10.3. The van der Waals surface area contributed by atoms with E-state index in [1.807, 2.05) is 36.7 Å². The maximum atomic E-state index is 5.24. The van der Waals surface area contributed by atoms with Crippen molar-refractivity contribution in [1.29, 1.82) is 0 Å². The molecule has 0 aliphatic carbocycles. The summed E-state index contributed by atoms with van der Waals surface area (Å²) in [5.41, 5.74) is 2.47. The topological polar surface area (TPSA) is 113 Å². The highest BCUT2D eigenvalue weighted by molar-refractivity contribution is 5.86. The fraction of sp³-hybridized carbons (Fsp3) is 0.316. The van der Waals surface area contributed by atoms with Crippen molar-refractivity contribution in [2.45, 2.75) is 26.9 Å². The van der Waals surface area contributed by atoms with Gasteiger partial charge in [0.1, 0.15) is 22.8 Å². The molecule has 0 unspecified atom stereocenters. The maximum Gasteiger partial charge on any atom is 0.220 e. The van der Waals surface area contributed by atoms with E-state index in [0.29, 0.717) is 42.3 Å². The van der Waals surface area contributed by atoms with Crippen molar-refractivity contribution in [2.75, 3.05) is 19.5 Å². The molecule has 0 saturated carbocycles. The number of fused-ring (bicyclic) bond motifs is 1. The third kappa shape index (κ3) is 3.96. The number of anilines is 1. The van der Waals surface area contributed by atoms with Crippen molar-refractivity contribution in [2.24, 2.45) is 0 Å². The first-order valence-electron chi connectivity index (χ1n) is 9.01. The molecule has 0 aromatic carbocycles.